The lowest BCUT2D eigenvalue weighted by molar-refractivity contribution is 0.227. The summed E-state index contributed by atoms with van der Waals surface area (Å²) >= 11 is 5.78. The van der Waals surface area contributed by atoms with Crippen LogP contribution in [0.15, 0.2) is 12.1 Å². The summed E-state index contributed by atoms with van der Waals surface area (Å²) in [5.74, 6) is -0.474. The summed E-state index contributed by atoms with van der Waals surface area (Å²) in [4.78, 5) is 2.39. The first-order chi connectivity index (χ1) is 8.60. The summed E-state index contributed by atoms with van der Waals surface area (Å²) in [6.45, 7) is 5.35. The van der Waals surface area contributed by atoms with Crippen molar-refractivity contribution in [2.75, 3.05) is 30.7 Å². The van der Waals surface area contributed by atoms with Gasteiger partial charge in [-0.3, -0.25) is 0 Å². The van der Waals surface area contributed by atoms with E-state index in [1.165, 1.54) is 12.5 Å². The van der Waals surface area contributed by atoms with Gasteiger partial charge < -0.3 is 16.0 Å². The molecule has 0 saturated carbocycles. The van der Waals surface area contributed by atoms with E-state index in [-0.39, 0.29) is 5.02 Å². The molecule has 1 atom stereocenters. The molecule has 1 aromatic rings. The first-order valence-electron chi connectivity index (χ1n) is 6.33. The molecule has 3 nitrogen and oxygen atoms in total. The molecule has 0 radical (unpaired) electrons. The van der Waals surface area contributed by atoms with Gasteiger partial charge in [0.2, 0.25) is 0 Å². The van der Waals surface area contributed by atoms with Crippen molar-refractivity contribution in [2.24, 2.45) is 0 Å². The summed E-state index contributed by atoms with van der Waals surface area (Å²) in [7, 11) is 0. The van der Waals surface area contributed by atoms with Crippen LogP contribution in [0.1, 0.15) is 19.8 Å². The Morgan fingerprint density at radius 3 is 3.06 bits per heavy atom. The van der Waals surface area contributed by atoms with E-state index >= 15 is 0 Å². The van der Waals surface area contributed by atoms with Gasteiger partial charge in [0.1, 0.15) is 5.82 Å². The van der Waals surface area contributed by atoms with E-state index in [1.54, 1.807) is 6.07 Å². The predicted octanol–water partition coefficient (Wildman–Crippen LogP) is 2.96. The normalized spacial score (nSPS) is 20.9. The van der Waals surface area contributed by atoms with Crippen molar-refractivity contribution in [3.63, 3.8) is 0 Å². The lowest BCUT2D eigenvalue weighted by atomic mass is 10.1. The van der Waals surface area contributed by atoms with Crippen molar-refractivity contribution < 1.29 is 4.39 Å². The molecule has 2 rings (SSSR count). The number of nitrogens with one attached hydrogen (secondary N) is 1. The molecule has 18 heavy (non-hydrogen) atoms. The van der Waals surface area contributed by atoms with Gasteiger partial charge in [-0.15, -0.1) is 0 Å². The first kappa shape index (κ1) is 13.4. The standard InChI is InChI=1S/C13H19ClFN3/c1-2-18-5-3-4-9(8-18)17-13-6-10(14)11(15)7-12(13)16/h6-7,9,17H,2-5,8,16H2,1H3. The van der Waals surface area contributed by atoms with Gasteiger partial charge in [0.05, 0.1) is 16.4 Å². The molecule has 1 heterocycles. The number of nitrogens with two attached hydrogens (primary N) is 1. The highest BCUT2D eigenvalue weighted by atomic mass is 35.5. The summed E-state index contributed by atoms with van der Waals surface area (Å²) in [5.41, 5.74) is 6.93. The minimum atomic E-state index is -0.474. The van der Waals surface area contributed by atoms with Gasteiger partial charge in [0.25, 0.3) is 0 Å². The number of likely N-dealkylation sites (tertiary alicyclic amines) is 1. The second kappa shape index (κ2) is 5.76. The minimum absolute atomic E-state index is 0.106. The van der Waals surface area contributed by atoms with E-state index in [0.717, 1.165) is 31.7 Å². The molecule has 0 aliphatic carbocycles. The summed E-state index contributed by atoms with van der Waals surface area (Å²) < 4.78 is 13.2. The van der Waals surface area contributed by atoms with Gasteiger partial charge in [-0.1, -0.05) is 18.5 Å². The Bertz CT molecular complexity index is 425. The second-order valence-electron chi connectivity index (χ2n) is 4.73. The Labute approximate surface area is 112 Å². The van der Waals surface area contributed by atoms with Crippen molar-refractivity contribution in [3.05, 3.63) is 23.0 Å². The molecule has 1 aliphatic rings. The van der Waals surface area contributed by atoms with Crippen molar-refractivity contribution in [1.29, 1.82) is 0 Å². The van der Waals surface area contributed by atoms with E-state index in [1.807, 2.05) is 0 Å². The third-order valence-electron chi connectivity index (χ3n) is 3.40. The van der Waals surface area contributed by atoms with Gasteiger partial charge in [-0.05, 0) is 32.0 Å². The Morgan fingerprint density at radius 2 is 2.33 bits per heavy atom. The van der Waals surface area contributed by atoms with Crippen LogP contribution in [0.2, 0.25) is 5.02 Å². The maximum Gasteiger partial charge on any atom is 0.143 e. The van der Waals surface area contributed by atoms with Crippen LogP contribution >= 0.6 is 11.6 Å². The van der Waals surface area contributed by atoms with Crippen molar-refractivity contribution in [2.45, 2.75) is 25.8 Å². The molecule has 0 bridgehead atoms. The number of benzene rings is 1. The maximum atomic E-state index is 13.2. The van der Waals surface area contributed by atoms with Gasteiger partial charge in [0, 0.05) is 18.7 Å². The van der Waals surface area contributed by atoms with Crippen LogP contribution in [0.25, 0.3) is 0 Å². The predicted molar refractivity (Wildman–Crippen MR) is 74.6 cm³/mol. The third kappa shape index (κ3) is 3.06. The fraction of sp³-hybridized carbons (Fsp3) is 0.538. The van der Waals surface area contributed by atoms with E-state index in [2.05, 4.69) is 17.1 Å². The zero-order valence-electron chi connectivity index (χ0n) is 10.5. The summed E-state index contributed by atoms with van der Waals surface area (Å²) in [6, 6.07) is 3.19. The fourth-order valence-corrected chi connectivity index (χ4v) is 2.53. The second-order valence-corrected chi connectivity index (χ2v) is 5.14. The quantitative estimate of drug-likeness (QED) is 0.831. The number of halogens is 2. The lowest BCUT2D eigenvalue weighted by Crippen LogP contribution is -2.41. The zero-order chi connectivity index (χ0) is 13.1. The largest absolute Gasteiger partial charge is 0.397 e. The smallest absolute Gasteiger partial charge is 0.143 e. The minimum Gasteiger partial charge on any atom is -0.397 e. The summed E-state index contributed by atoms with van der Waals surface area (Å²) in [5, 5.41) is 3.47. The number of rotatable bonds is 3. The molecule has 3 N–H and O–H groups in total. The van der Waals surface area contributed by atoms with Gasteiger partial charge in [0.15, 0.2) is 0 Å². The monoisotopic (exact) mass is 271 g/mol. The van der Waals surface area contributed by atoms with Crippen LogP contribution in [0.5, 0.6) is 0 Å². The SMILES string of the molecule is CCN1CCCC(Nc2cc(Cl)c(F)cc2N)C1. The number of nitrogen functional groups attached to an aromatic ring is 1. The van der Waals surface area contributed by atoms with E-state index in [0.29, 0.717) is 11.7 Å². The highest BCUT2D eigenvalue weighted by Crippen LogP contribution is 2.27. The van der Waals surface area contributed by atoms with Gasteiger partial charge >= 0.3 is 0 Å². The van der Waals surface area contributed by atoms with Crippen LogP contribution < -0.4 is 11.1 Å². The van der Waals surface area contributed by atoms with E-state index in [4.69, 9.17) is 17.3 Å². The number of nitrogens with zero attached hydrogens (tertiary/aromatic N) is 1. The number of anilines is 2. The molecule has 100 valence electrons. The molecule has 1 aromatic carbocycles. The summed E-state index contributed by atoms with van der Waals surface area (Å²) in [6.07, 6.45) is 2.27. The van der Waals surface area contributed by atoms with Gasteiger partial charge in [-0.25, -0.2) is 4.39 Å². The number of hydrogen-bond acceptors (Lipinski definition) is 3. The van der Waals surface area contributed by atoms with Crippen molar-refractivity contribution in [3.8, 4) is 0 Å². The maximum absolute atomic E-state index is 13.2. The first-order valence-corrected chi connectivity index (χ1v) is 6.71. The number of hydrogen-bond donors (Lipinski definition) is 2. The Balaban J connectivity index is 2.07. The topological polar surface area (TPSA) is 41.3 Å². The fourth-order valence-electron chi connectivity index (χ4n) is 2.37. The van der Waals surface area contributed by atoms with E-state index < -0.39 is 5.82 Å². The van der Waals surface area contributed by atoms with Crippen molar-refractivity contribution >= 4 is 23.0 Å². The Kier molecular flexibility index (Phi) is 4.30. The molecule has 5 heteroatoms. The molecular weight excluding hydrogens is 253 g/mol. The van der Waals surface area contributed by atoms with Crippen molar-refractivity contribution in [1.82, 2.24) is 4.90 Å². The molecule has 0 spiro atoms. The van der Waals surface area contributed by atoms with Crippen LogP contribution in [0.4, 0.5) is 15.8 Å². The Hall–Kier alpha value is -1.00. The number of piperidine rings is 1. The molecule has 1 unspecified atom stereocenters. The van der Waals surface area contributed by atoms with Crippen LogP contribution in [0, 0.1) is 5.82 Å². The van der Waals surface area contributed by atoms with Gasteiger partial charge in [-0.2, -0.15) is 0 Å². The highest BCUT2D eigenvalue weighted by Gasteiger charge is 2.19. The molecule has 0 amide bonds. The zero-order valence-corrected chi connectivity index (χ0v) is 11.3. The van der Waals surface area contributed by atoms with E-state index in [9.17, 15) is 4.39 Å². The third-order valence-corrected chi connectivity index (χ3v) is 3.69. The number of likely N-dealkylation sites (N-methyl/N-ethyl adjacent to an activating group) is 1. The van der Waals surface area contributed by atoms with Crippen LogP contribution in [-0.2, 0) is 0 Å². The molecule has 1 saturated heterocycles. The lowest BCUT2D eigenvalue weighted by Gasteiger charge is -2.33. The molecule has 1 fully saturated rings. The molecule has 0 aromatic heterocycles. The average molecular weight is 272 g/mol. The van der Waals surface area contributed by atoms with Crippen LogP contribution in [-0.4, -0.2) is 30.6 Å². The van der Waals surface area contributed by atoms with Crippen LogP contribution in [0.3, 0.4) is 0 Å². The molecular formula is C13H19ClFN3. The molecule has 1 aliphatic heterocycles. The highest BCUT2D eigenvalue weighted by molar-refractivity contribution is 6.31. The average Bonchev–Trinajstić information content (AvgIpc) is 2.36. The Morgan fingerprint density at radius 1 is 1.56 bits per heavy atom.